The summed E-state index contributed by atoms with van der Waals surface area (Å²) in [6, 6.07) is 12.0. The van der Waals surface area contributed by atoms with Crippen molar-refractivity contribution in [2.45, 2.75) is 31.1 Å². The highest BCUT2D eigenvalue weighted by Crippen LogP contribution is 2.33. The molecule has 24 heavy (non-hydrogen) atoms. The maximum atomic E-state index is 12.5. The third kappa shape index (κ3) is 3.48. The van der Waals surface area contributed by atoms with Gasteiger partial charge in [0.1, 0.15) is 13.2 Å². The van der Waals surface area contributed by atoms with Gasteiger partial charge in [0.25, 0.3) is 10.0 Å². The SMILES string of the molecule is CC[C@H](C)c1ccc(S(=O)(=O)Nc2ccc3c(c2)OCCO3)cc1. The van der Waals surface area contributed by atoms with Crippen molar-refractivity contribution >= 4 is 15.7 Å². The molecule has 0 amide bonds. The Kier molecular flexibility index (Phi) is 4.66. The van der Waals surface area contributed by atoms with Gasteiger partial charge in [-0.05, 0) is 42.2 Å². The van der Waals surface area contributed by atoms with Crippen LogP contribution in [-0.4, -0.2) is 21.6 Å². The zero-order chi connectivity index (χ0) is 17.2. The minimum atomic E-state index is -3.64. The van der Waals surface area contributed by atoms with E-state index in [-0.39, 0.29) is 4.90 Å². The fourth-order valence-corrected chi connectivity index (χ4v) is 3.58. The number of anilines is 1. The maximum absolute atomic E-state index is 12.5. The van der Waals surface area contributed by atoms with Crippen LogP contribution >= 0.6 is 0 Å². The second kappa shape index (κ2) is 6.73. The Labute approximate surface area is 142 Å². The van der Waals surface area contributed by atoms with E-state index in [2.05, 4.69) is 18.6 Å². The molecule has 1 N–H and O–H groups in total. The predicted octanol–water partition coefficient (Wildman–Crippen LogP) is 3.77. The van der Waals surface area contributed by atoms with Crippen molar-refractivity contribution in [2.75, 3.05) is 17.9 Å². The van der Waals surface area contributed by atoms with Crippen molar-refractivity contribution in [3.05, 3.63) is 48.0 Å². The molecule has 128 valence electrons. The number of sulfonamides is 1. The second-order valence-corrected chi connectivity index (χ2v) is 7.52. The molecule has 0 spiro atoms. The molecular weight excluding hydrogens is 326 g/mol. The highest BCUT2D eigenvalue weighted by Gasteiger charge is 2.17. The summed E-state index contributed by atoms with van der Waals surface area (Å²) in [4.78, 5) is 0.240. The van der Waals surface area contributed by atoms with Gasteiger partial charge in [-0.25, -0.2) is 8.42 Å². The van der Waals surface area contributed by atoms with Crippen LogP contribution in [0.5, 0.6) is 11.5 Å². The van der Waals surface area contributed by atoms with E-state index in [1.807, 2.05) is 12.1 Å². The lowest BCUT2D eigenvalue weighted by Crippen LogP contribution is -2.16. The average Bonchev–Trinajstić information content (AvgIpc) is 2.60. The molecule has 0 aromatic heterocycles. The molecule has 3 rings (SSSR count). The van der Waals surface area contributed by atoms with E-state index in [4.69, 9.17) is 9.47 Å². The molecule has 2 aromatic carbocycles. The molecule has 1 aliphatic heterocycles. The van der Waals surface area contributed by atoms with Crippen molar-refractivity contribution in [2.24, 2.45) is 0 Å². The summed E-state index contributed by atoms with van der Waals surface area (Å²) < 4.78 is 38.6. The summed E-state index contributed by atoms with van der Waals surface area (Å²) in [6.45, 7) is 5.19. The van der Waals surface area contributed by atoms with E-state index in [1.54, 1.807) is 30.3 Å². The Morgan fingerprint density at radius 2 is 1.71 bits per heavy atom. The van der Waals surface area contributed by atoms with E-state index in [9.17, 15) is 8.42 Å². The van der Waals surface area contributed by atoms with E-state index in [0.29, 0.717) is 36.3 Å². The minimum absolute atomic E-state index is 0.240. The third-order valence-corrected chi connectivity index (χ3v) is 5.56. The molecule has 1 atom stereocenters. The maximum Gasteiger partial charge on any atom is 0.261 e. The zero-order valence-electron chi connectivity index (χ0n) is 13.8. The van der Waals surface area contributed by atoms with Crippen LogP contribution in [0.4, 0.5) is 5.69 Å². The molecule has 1 heterocycles. The number of fused-ring (bicyclic) bond motifs is 1. The van der Waals surface area contributed by atoms with Crippen LogP contribution < -0.4 is 14.2 Å². The Morgan fingerprint density at radius 3 is 2.38 bits per heavy atom. The van der Waals surface area contributed by atoms with Gasteiger partial charge in [0.15, 0.2) is 11.5 Å². The molecule has 6 heteroatoms. The molecule has 1 aliphatic rings. The van der Waals surface area contributed by atoms with E-state index in [0.717, 1.165) is 12.0 Å². The van der Waals surface area contributed by atoms with Crippen molar-refractivity contribution in [1.82, 2.24) is 0 Å². The summed E-state index contributed by atoms with van der Waals surface area (Å²) in [5.74, 6) is 1.59. The fraction of sp³-hybridized carbons (Fsp3) is 0.333. The number of hydrogen-bond donors (Lipinski definition) is 1. The van der Waals surface area contributed by atoms with Gasteiger partial charge in [-0.2, -0.15) is 0 Å². The summed E-state index contributed by atoms with van der Waals surface area (Å²) in [5, 5.41) is 0. The molecule has 0 unspecified atom stereocenters. The van der Waals surface area contributed by atoms with Crippen molar-refractivity contribution in [3.63, 3.8) is 0 Å². The molecular formula is C18H21NO4S. The lowest BCUT2D eigenvalue weighted by molar-refractivity contribution is 0.171. The topological polar surface area (TPSA) is 64.6 Å². The Bertz CT molecular complexity index is 815. The van der Waals surface area contributed by atoms with Gasteiger partial charge in [0.2, 0.25) is 0 Å². The van der Waals surface area contributed by atoms with E-state index >= 15 is 0 Å². The quantitative estimate of drug-likeness (QED) is 0.894. The van der Waals surface area contributed by atoms with Crippen LogP contribution in [0.25, 0.3) is 0 Å². The molecule has 0 saturated heterocycles. The van der Waals surface area contributed by atoms with Crippen LogP contribution in [0.2, 0.25) is 0 Å². The first-order valence-corrected chi connectivity index (χ1v) is 9.50. The highest BCUT2D eigenvalue weighted by atomic mass is 32.2. The van der Waals surface area contributed by atoms with Crippen molar-refractivity contribution < 1.29 is 17.9 Å². The molecule has 5 nitrogen and oxygen atoms in total. The van der Waals surface area contributed by atoms with Crippen molar-refractivity contribution in [3.8, 4) is 11.5 Å². The monoisotopic (exact) mass is 347 g/mol. The standard InChI is InChI=1S/C18H21NO4S/c1-3-13(2)14-4-7-16(8-5-14)24(20,21)19-15-6-9-17-18(12-15)23-11-10-22-17/h4-9,12-13,19H,3,10-11H2,1-2H3/t13-/m0/s1. The number of hydrogen-bond acceptors (Lipinski definition) is 4. The van der Waals surface area contributed by atoms with E-state index < -0.39 is 10.0 Å². The van der Waals surface area contributed by atoms with Gasteiger partial charge in [-0.1, -0.05) is 26.0 Å². The predicted molar refractivity (Wildman–Crippen MR) is 93.4 cm³/mol. The van der Waals surface area contributed by atoms with Crippen LogP contribution in [0.15, 0.2) is 47.4 Å². The van der Waals surface area contributed by atoms with Gasteiger partial charge in [0.05, 0.1) is 10.6 Å². The average molecular weight is 347 g/mol. The highest BCUT2D eigenvalue weighted by molar-refractivity contribution is 7.92. The van der Waals surface area contributed by atoms with Gasteiger partial charge in [-0.3, -0.25) is 4.72 Å². The summed E-state index contributed by atoms with van der Waals surface area (Å²) >= 11 is 0. The molecule has 0 saturated carbocycles. The summed E-state index contributed by atoms with van der Waals surface area (Å²) in [6.07, 6.45) is 1.02. The Morgan fingerprint density at radius 1 is 1.04 bits per heavy atom. The Hall–Kier alpha value is -2.21. The zero-order valence-corrected chi connectivity index (χ0v) is 14.6. The first-order chi connectivity index (χ1) is 11.5. The van der Waals surface area contributed by atoms with Gasteiger partial charge in [0, 0.05) is 6.07 Å². The first-order valence-electron chi connectivity index (χ1n) is 8.02. The largest absolute Gasteiger partial charge is 0.486 e. The summed E-state index contributed by atoms with van der Waals surface area (Å²) in [7, 11) is -3.64. The summed E-state index contributed by atoms with van der Waals surface area (Å²) in [5.41, 5.74) is 1.58. The van der Waals surface area contributed by atoms with Crippen LogP contribution in [0.3, 0.4) is 0 Å². The number of nitrogens with one attached hydrogen (secondary N) is 1. The van der Waals surface area contributed by atoms with Crippen LogP contribution in [0, 0.1) is 0 Å². The van der Waals surface area contributed by atoms with Gasteiger partial charge in [-0.15, -0.1) is 0 Å². The van der Waals surface area contributed by atoms with Crippen molar-refractivity contribution in [1.29, 1.82) is 0 Å². The minimum Gasteiger partial charge on any atom is -0.486 e. The van der Waals surface area contributed by atoms with Crippen LogP contribution in [-0.2, 0) is 10.0 Å². The third-order valence-electron chi connectivity index (χ3n) is 4.17. The smallest absolute Gasteiger partial charge is 0.261 e. The number of rotatable bonds is 5. The van der Waals surface area contributed by atoms with Gasteiger partial charge < -0.3 is 9.47 Å². The van der Waals surface area contributed by atoms with Crippen LogP contribution in [0.1, 0.15) is 31.7 Å². The lowest BCUT2D eigenvalue weighted by Gasteiger charge is -2.19. The molecule has 0 aliphatic carbocycles. The normalized spacial score (nSPS) is 14.9. The lowest BCUT2D eigenvalue weighted by atomic mass is 9.99. The molecule has 0 fully saturated rings. The number of benzene rings is 2. The first kappa shape index (κ1) is 16.6. The van der Waals surface area contributed by atoms with Gasteiger partial charge >= 0.3 is 0 Å². The molecule has 0 bridgehead atoms. The fourth-order valence-electron chi connectivity index (χ4n) is 2.53. The van der Waals surface area contributed by atoms with E-state index in [1.165, 1.54) is 0 Å². The Balaban J connectivity index is 1.81. The number of ether oxygens (including phenoxy) is 2. The second-order valence-electron chi connectivity index (χ2n) is 5.84. The molecule has 0 radical (unpaired) electrons. The molecule has 2 aromatic rings.